The van der Waals surface area contributed by atoms with E-state index in [4.69, 9.17) is 4.98 Å². The number of likely N-dealkylation sites (tertiary alicyclic amines) is 2. The van der Waals surface area contributed by atoms with Gasteiger partial charge in [0.2, 0.25) is 0 Å². The molecule has 1 saturated carbocycles. The van der Waals surface area contributed by atoms with Crippen LogP contribution in [0.15, 0.2) is 60.7 Å². The highest BCUT2D eigenvalue weighted by atomic mass is 16.4. The Morgan fingerprint density at radius 3 is 2.33 bits per heavy atom. The van der Waals surface area contributed by atoms with Gasteiger partial charge < -0.3 is 10.0 Å². The summed E-state index contributed by atoms with van der Waals surface area (Å²) in [5.74, 6) is 2.75. The van der Waals surface area contributed by atoms with Gasteiger partial charge in [-0.2, -0.15) is 5.10 Å². The van der Waals surface area contributed by atoms with Gasteiger partial charge in [0.25, 0.3) is 0 Å². The molecule has 2 N–H and O–H groups in total. The maximum Gasteiger partial charge on any atom is 0.321 e. The molecule has 3 atom stereocenters. The first kappa shape index (κ1) is 27.2. The van der Waals surface area contributed by atoms with E-state index in [9.17, 15) is 9.90 Å². The number of carboxylic acid groups (broad SMARTS) is 1. The molecule has 2 aliphatic heterocycles. The van der Waals surface area contributed by atoms with Gasteiger partial charge in [0, 0.05) is 37.9 Å². The number of rotatable bonds is 9. The highest BCUT2D eigenvalue weighted by Gasteiger charge is 2.43. The van der Waals surface area contributed by atoms with Gasteiger partial charge in [-0.1, -0.05) is 79.9 Å². The first-order chi connectivity index (χ1) is 19.6. The van der Waals surface area contributed by atoms with Crippen molar-refractivity contribution < 1.29 is 9.90 Å². The molecule has 1 aromatic heterocycles. The van der Waals surface area contributed by atoms with Crippen LogP contribution in [-0.4, -0.2) is 74.8 Å². The van der Waals surface area contributed by atoms with Crippen molar-refractivity contribution >= 4 is 5.97 Å². The van der Waals surface area contributed by atoms with Crippen molar-refractivity contribution in [2.24, 2.45) is 11.8 Å². The summed E-state index contributed by atoms with van der Waals surface area (Å²) in [6.07, 6.45) is 8.60. The number of aromatic nitrogens is 3. The molecular weight excluding hydrogens is 498 g/mol. The van der Waals surface area contributed by atoms with E-state index in [2.05, 4.69) is 74.6 Å². The van der Waals surface area contributed by atoms with E-state index in [0.717, 1.165) is 76.5 Å². The van der Waals surface area contributed by atoms with Gasteiger partial charge in [0.1, 0.15) is 11.9 Å². The molecule has 0 radical (unpaired) electrons. The average Bonchev–Trinajstić information content (AvgIpc) is 3.62. The summed E-state index contributed by atoms with van der Waals surface area (Å²) in [4.78, 5) is 22.3. The van der Waals surface area contributed by atoms with Crippen LogP contribution in [0.2, 0.25) is 0 Å². The molecular formula is C33H43N5O2. The van der Waals surface area contributed by atoms with Crippen molar-refractivity contribution in [3.8, 4) is 0 Å². The minimum absolute atomic E-state index is 0.283. The van der Waals surface area contributed by atoms with Crippen LogP contribution >= 0.6 is 0 Å². The zero-order valence-electron chi connectivity index (χ0n) is 23.5. The van der Waals surface area contributed by atoms with E-state index in [1.165, 1.54) is 30.4 Å². The Bertz CT molecular complexity index is 1220. The molecule has 3 heterocycles. The monoisotopic (exact) mass is 541 g/mol. The van der Waals surface area contributed by atoms with Crippen molar-refractivity contribution in [3.05, 3.63) is 83.4 Å². The lowest BCUT2D eigenvalue weighted by molar-refractivity contribution is -0.145. The molecule has 3 fully saturated rings. The summed E-state index contributed by atoms with van der Waals surface area (Å²) < 4.78 is 0. The van der Waals surface area contributed by atoms with Crippen LogP contribution in [0, 0.1) is 11.8 Å². The number of aliphatic carboxylic acids is 1. The van der Waals surface area contributed by atoms with E-state index < -0.39 is 5.97 Å². The van der Waals surface area contributed by atoms with Crippen molar-refractivity contribution in [2.75, 3.05) is 32.7 Å². The lowest BCUT2D eigenvalue weighted by atomic mass is 9.83. The SMILES string of the molecule is O=C(O)[C@@H](C1CCCCC1)N1C[C@H](CN2CCC(c3n[nH]c(Cc4ccccc4)n3)CC2)[C@@H](c2ccccc2)C1. The normalized spacial score (nSPS) is 24.3. The molecule has 212 valence electrons. The minimum Gasteiger partial charge on any atom is -0.480 e. The van der Waals surface area contributed by atoms with Gasteiger partial charge >= 0.3 is 5.97 Å². The van der Waals surface area contributed by atoms with Crippen LogP contribution in [0.5, 0.6) is 0 Å². The van der Waals surface area contributed by atoms with E-state index in [1.54, 1.807) is 0 Å². The molecule has 3 aliphatic rings. The van der Waals surface area contributed by atoms with E-state index >= 15 is 0 Å². The quantitative estimate of drug-likeness (QED) is 0.381. The van der Waals surface area contributed by atoms with Crippen LogP contribution in [0.25, 0.3) is 0 Å². The molecule has 0 unspecified atom stereocenters. The lowest BCUT2D eigenvalue weighted by Crippen LogP contribution is -2.46. The zero-order chi connectivity index (χ0) is 27.3. The Morgan fingerprint density at radius 1 is 0.925 bits per heavy atom. The number of hydrogen-bond donors (Lipinski definition) is 2. The number of piperidine rings is 1. The Hall–Kier alpha value is -3.03. The Morgan fingerprint density at radius 2 is 1.62 bits per heavy atom. The Kier molecular flexibility index (Phi) is 8.59. The third-order valence-electron chi connectivity index (χ3n) is 9.65. The second kappa shape index (κ2) is 12.6. The number of benzene rings is 2. The molecule has 0 amide bonds. The Labute approximate surface area is 238 Å². The first-order valence-corrected chi connectivity index (χ1v) is 15.3. The fraction of sp³-hybridized carbons (Fsp3) is 0.545. The second-order valence-corrected chi connectivity index (χ2v) is 12.3. The number of hydrogen-bond acceptors (Lipinski definition) is 5. The summed E-state index contributed by atoms with van der Waals surface area (Å²) in [6, 6.07) is 20.9. The average molecular weight is 542 g/mol. The third-order valence-corrected chi connectivity index (χ3v) is 9.65. The summed E-state index contributed by atoms with van der Waals surface area (Å²) >= 11 is 0. The van der Waals surface area contributed by atoms with Crippen molar-refractivity contribution in [3.63, 3.8) is 0 Å². The molecule has 40 heavy (non-hydrogen) atoms. The molecule has 2 saturated heterocycles. The van der Waals surface area contributed by atoms with Gasteiger partial charge in [-0.15, -0.1) is 0 Å². The van der Waals surface area contributed by atoms with Crippen LogP contribution < -0.4 is 0 Å². The van der Waals surface area contributed by atoms with Crippen molar-refractivity contribution in [1.82, 2.24) is 25.0 Å². The largest absolute Gasteiger partial charge is 0.480 e. The number of H-pyrrole nitrogens is 1. The van der Waals surface area contributed by atoms with E-state index in [-0.39, 0.29) is 12.0 Å². The van der Waals surface area contributed by atoms with Gasteiger partial charge in [-0.05, 0) is 61.7 Å². The minimum atomic E-state index is -0.627. The smallest absolute Gasteiger partial charge is 0.321 e. The highest BCUT2D eigenvalue weighted by Crippen LogP contribution is 2.39. The van der Waals surface area contributed by atoms with Crippen LogP contribution in [-0.2, 0) is 11.2 Å². The highest BCUT2D eigenvalue weighted by molar-refractivity contribution is 5.74. The molecule has 2 aromatic carbocycles. The number of carboxylic acids is 1. The summed E-state index contributed by atoms with van der Waals surface area (Å²) in [7, 11) is 0. The summed E-state index contributed by atoms with van der Waals surface area (Å²) in [5, 5.41) is 18.1. The van der Waals surface area contributed by atoms with Crippen molar-refractivity contribution in [2.45, 2.75) is 69.2 Å². The molecule has 7 nitrogen and oxygen atoms in total. The van der Waals surface area contributed by atoms with E-state index in [1.807, 2.05) is 6.07 Å². The topological polar surface area (TPSA) is 85.4 Å². The number of nitrogens with one attached hydrogen (secondary N) is 1. The van der Waals surface area contributed by atoms with Crippen LogP contribution in [0.3, 0.4) is 0 Å². The first-order valence-electron chi connectivity index (χ1n) is 15.3. The zero-order valence-corrected chi connectivity index (χ0v) is 23.5. The number of nitrogens with zero attached hydrogens (tertiary/aromatic N) is 4. The number of carbonyl (C=O) groups is 1. The lowest BCUT2D eigenvalue weighted by Gasteiger charge is -2.35. The third kappa shape index (κ3) is 6.31. The maximum absolute atomic E-state index is 12.5. The molecule has 7 heteroatoms. The summed E-state index contributed by atoms with van der Waals surface area (Å²) in [5.41, 5.74) is 2.59. The van der Waals surface area contributed by atoms with Gasteiger partial charge in [-0.25, -0.2) is 4.98 Å². The predicted molar refractivity (Wildman–Crippen MR) is 156 cm³/mol. The summed E-state index contributed by atoms with van der Waals surface area (Å²) in [6.45, 7) is 4.82. The van der Waals surface area contributed by atoms with E-state index in [0.29, 0.717) is 17.8 Å². The molecule has 0 bridgehead atoms. The molecule has 6 rings (SSSR count). The predicted octanol–water partition coefficient (Wildman–Crippen LogP) is 5.32. The standard InChI is InChI=1S/C33H43N5O2/c39-33(40)31(26-14-8-3-9-15-26)38-22-28(29(23-38)25-12-6-2-7-13-25)21-37-18-16-27(17-19-37)32-34-30(35-36-32)20-24-10-4-1-5-11-24/h1-2,4-7,10-13,26-29,31H,3,8-9,14-23H2,(H,39,40)(H,34,35,36)/t28-,29+,31+/m0/s1. The molecule has 3 aromatic rings. The van der Waals surface area contributed by atoms with Crippen molar-refractivity contribution in [1.29, 1.82) is 0 Å². The molecule has 1 aliphatic carbocycles. The Balaban J connectivity index is 1.09. The van der Waals surface area contributed by atoms with Gasteiger partial charge in [0.15, 0.2) is 5.82 Å². The number of aromatic amines is 1. The fourth-order valence-corrected chi connectivity index (χ4v) is 7.57. The van der Waals surface area contributed by atoms with Gasteiger partial charge in [-0.3, -0.25) is 14.8 Å². The van der Waals surface area contributed by atoms with Crippen LogP contribution in [0.1, 0.15) is 79.6 Å². The van der Waals surface area contributed by atoms with Gasteiger partial charge in [0.05, 0.1) is 0 Å². The maximum atomic E-state index is 12.5. The fourth-order valence-electron chi connectivity index (χ4n) is 7.57. The van der Waals surface area contributed by atoms with Crippen LogP contribution in [0.4, 0.5) is 0 Å². The molecule has 0 spiro atoms. The second-order valence-electron chi connectivity index (χ2n) is 12.3.